The maximum atomic E-state index is 11.3. The van der Waals surface area contributed by atoms with Crippen LogP contribution in [0.1, 0.15) is 71.1 Å². The largest absolute Gasteiger partial charge is 0.466 e. The van der Waals surface area contributed by atoms with Crippen molar-refractivity contribution in [2.45, 2.75) is 71.1 Å². The Labute approximate surface area is 159 Å². The quantitative estimate of drug-likeness (QED) is 0.226. The summed E-state index contributed by atoms with van der Waals surface area (Å²) in [6.07, 6.45) is 11.0. The van der Waals surface area contributed by atoms with E-state index < -0.39 is 0 Å². The van der Waals surface area contributed by atoms with Crippen molar-refractivity contribution in [3.63, 3.8) is 0 Å². The van der Waals surface area contributed by atoms with E-state index in [9.17, 15) is 4.79 Å². The van der Waals surface area contributed by atoms with Crippen LogP contribution in [0.4, 0.5) is 0 Å². The molecule has 0 aliphatic heterocycles. The molecule has 0 heterocycles. The summed E-state index contributed by atoms with van der Waals surface area (Å²) in [4.78, 5) is 15.6. The zero-order valence-electron chi connectivity index (χ0n) is 17.1. The first-order valence-electron chi connectivity index (χ1n) is 10.2. The van der Waals surface area contributed by atoms with E-state index in [0.29, 0.717) is 18.4 Å². The SMILES string of the molecule is CCOC(=O)CCCCCCNC(=NC)NCC1(CCOC)CCCC1. The van der Waals surface area contributed by atoms with Crippen LogP contribution in [0.25, 0.3) is 0 Å². The molecule has 26 heavy (non-hydrogen) atoms. The van der Waals surface area contributed by atoms with Crippen LogP contribution in [0.2, 0.25) is 0 Å². The van der Waals surface area contributed by atoms with E-state index in [0.717, 1.165) is 57.8 Å². The van der Waals surface area contributed by atoms with Gasteiger partial charge in [0.2, 0.25) is 0 Å². The average Bonchev–Trinajstić information content (AvgIpc) is 3.11. The van der Waals surface area contributed by atoms with Gasteiger partial charge in [-0.05, 0) is 44.4 Å². The van der Waals surface area contributed by atoms with E-state index in [1.165, 1.54) is 25.7 Å². The maximum Gasteiger partial charge on any atom is 0.305 e. The number of esters is 1. The Hall–Kier alpha value is -1.30. The van der Waals surface area contributed by atoms with Gasteiger partial charge in [0.15, 0.2) is 5.96 Å². The minimum Gasteiger partial charge on any atom is -0.466 e. The molecule has 0 aromatic carbocycles. The van der Waals surface area contributed by atoms with E-state index in [2.05, 4.69) is 15.6 Å². The van der Waals surface area contributed by atoms with Gasteiger partial charge in [0, 0.05) is 40.3 Å². The Balaban J connectivity index is 2.14. The molecule has 1 rings (SSSR count). The predicted octanol–water partition coefficient (Wildman–Crippen LogP) is 3.26. The fraction of sp³-hybridized carbons (Fsp3) is 0.900. The number of aliphatic imine (C=N–C) groups is 1. The second kappa shape index (κ2) is 13.8. The molecular weight excluding hydrogens is 330 g/mol. The van der Waals surface area contributed by atoms with Gasteiger partial charge < -0.3 is 20.1 Å². The summed E-state index contributed by atoms with van der Waals surface area (Å²) >= 11 is 0. The van der Waals surface area contributed by atoms with Crippen LogP contribution >= 0.6 is 0 Å². The molecule has 0 atom stereocenters. The highest BCUT2D eigenvalue weighted by Crippen LogP contribution is 2.40. The molecule has 6 heteroatoms. The highest BCUT2D eigenvalue weighted by molar-refractivity contribution is 5.79. The van der Waals surface area contributed by atoms with Gasteiger partial charge in [-0.15, -0.1) is 0 Å². The van der Waals surface area contributed by atoms with Crippen LogP contribution < -0.4 is 10.6 Å². The van der Waals surface area contributed by atoms with Crippen LogP contribution in [-0.4, -0.2) is 52.4 Å². The number of rotatable bonds is 13. The van der Waals surface area contributed by atoms with Crippen molar-refractivity contribution in [1.82, 2.24) is 10.6 Å². The van der Waals surface area contributed by atoms with Gasteiger partial charge in [-0.3, -0.25) is 9.79 Å². The average molecular weight is 370 g/mol. The van der Waals surface area contributed by atoms with Crippen LogP contribution in [0.15, 0.2) is 4.99 Å². The second-order valence-corrected chi connectivity index (χ2v) is 7.27. The second-order valence-electron chi connectivity index (χ2n) is 7.27. The molecule has 0 radical (unpaired) electrons. The van der Waals surface area contributed by atoms with Crippen molar-refractivity contribution in [2.75, 3.05) is 40.5 Å². The van der Waals surface area contributed by atoms with Gasteiger partial charge >= 0.3 is 5.97 Å². The number of nitrogens with one attached hydrogen (secondary N) is 2. The van der Waals surface area contributed by atoms with E-state index in [-0.39, 0.29) is 5.97 Å². The third-order valence-electron chi connectivity index (χ3n) is 5.26. The number of methoxy groups -OCH3 is 1. The topological polar surface area (TPSA) is 72.0 Å². The van der Waals surface area contributed by atoms with Crippen molar-refractivity contribution in [3.8, 4) is 0 Å². The highest BCUT2D eigenvalue weighted by atomic mass is 16.5. The third-order valence-corrected chi connectivity index (χ3v) is 5.26. The molecule has 6 nitrogen and oxygen atoms in total. The molecule has 1 aliphatic carbocycles. The Morgan fingerprint density at radius 1 is 1.12 bits per heavy atom. The predicted molar refractivity (Wildman–Crippen MR) is 106 cm³/mol. The number of unbranched alkanes of at least 4 members (excludes halogenated alkanes) is 3. The molecule has 2 N–H and O–H groups in total. The minimum atomic E-state index is -0.0791. The molecule has 0 amide bonds. The first-order chi connectivity index (χ1) is 12.7. The molecule has 0 bridgehead atoms. The smallest absolute Gasteiger partial charge is 0.305 e. The van der Waals surface area contributed by atoms with E-state index in [1.807, 2.05) is 14.0 Å². The summed E-state index contributed by atoms with van der Waals surface area (Å²) in [7, 11) is 3.61. The summed E-state index contributed by atoms with van der Waals surface area (Å²) in [6, 6.07) is 0. The molecule has 0 aromatic heterocycles. The van der Waals surface area contributed by atoms with Crippen LogP contribution in [-0.2, 0) is 14.3 Å². The zero-order chi connectivity index (χ0) is 19.1. The molecule has 0 spiro atoms. The van der Waals surface area contributed by atoms with Crippen LogP contribution in [0, 0.1) is 5.41 Å². The normalized spacial score (nSPS) is 16.5. The Bertz CT molecular complexity index is 407. The summed E-state index contributed by atoms with van der Waals surface area (Å²) < 4.78 is 10.2. The lowest BCUT2D eigenvalue weighted by molar-refractivity contribution is -0.143. The number of nitrogens with zero attached hydrogens (tertiary/aromatic N) is 1. The third kappa shape index (κ3) is 9.41. The van der Waals surface area contributed by atoms with Gasteiger partial charge in [-0.1, -0.05) is 25.7 Å². The lowest BCUT2D eigenvalue weighted by atomic mass is 9.83. The molecule has 0 unspecified atom stereocenters. The molecule has 1 fully saturated rings. The minimum absolute atomic E-state index is 0.0791. The highest BCUT2D eigenvalue weighted by Gasteiger charge is 2.33. The number of carbonyl (C=O) groups excluding carboxylic acids is 1. The fourth-order valence-corrected chi connectivity index (χ4v) is 3.64. The van der Waals surface area contributed by atoms with Gasteiger partial charge in [0.25, 0.3) is 0 Å². The van der Waals surface area contributed by atoms with E-state index in [4.69, 9.17) is 9.47 Å². The molecule has 0 saturated heterocycles. The monoisotopic (exact) mass is 369 g/mol. The maximum absolute atomic E-state index is 11.3. The van der Waals surface area contributed by atoms with Crippen molar-refractivity contribution < 1.29 is 14.3 Å². The molecular formula is C20H39N3O3. The molecule has 152 valence electrons. The van der Waals surface area contributed by atoms with Crippen molar-refractivity contribution in [3.05, 3.63) is 0 Å². The van der Waals surface area contributed by atoms with Crippen LogP contribution in [0.5, 0.6) is 0 Å². The number of carbonyl (C=O) groups is 1. The Morgan fingerprint density at radius 2 is 1.85 bits per heavy atom. The summed E-state index contributed by atoms with van der Waals surface area (Å²) in [6.45, 7) is 5.03. The van der Waals surface area contributed by atoms with E-state index >= 15 is 0 Å². The first-order valence-corrected chi connectivity index (χ1v) is 10.2. The number of hydrogen-bond donors (Lipinski definition) is 2. The molecule has 1 aliphatic rings. The first kappa shape index (κ1) is 22.7. The molecule has 1 saturated carbocycles. The number of ether oxygens (including phenoxy) is 2. The molecule has 0 aromatic rings. The summed E-state index contributed by atoms with van der Waals surface area (Å²) in [5.74, 6) is 0.810. The standard InChI is InChI=1S/C20H39N3O3/c1-4-26-18(24)11-7-5-6-10-15-22-19(21-2)23-17-20(14-16-25-3)12-8-9-13-20/h4-17H2,1-3H3,(H2,21,22,23). The summed E-state index contributed by atoms with van der Waals surface area (Å²) in [5, 5.41) is 6.92. The Kier molecular flexibility index (Phi) is 12.1. The van der Waals surface area contributed by atoms with Crippen molar-refractivity contribution in [1.29, 1.82) is 0 Å². The fourth-order valence-electron chi connectivity index (χ4n) is 3.64. The Morgan fingerprint density at radius 3 is 2.50 bits per heavy atom. The van der Waals surface area contributed by atoms with Gasteiger partial charge in [0.05, 0.1) is 6.61 Å². The zero-order valence-corrected chi connectivity index (χ0v) is 17.1. The van der Waals surface area contributed by atoms with Gasteiger partial charge in [-0.2, -0.15) is 0 Å². The lowest BCUT2D eigenvalue weighted by Crippen LogP contribution is -2.43. The summed E-state index contributed by atoms with van der Waals surface area (Å²) in [5.41, 5.74) is 0.362. The lowest BCUT2D eigenvalue weighted by Gasteiger charge is -2.30. The van der Waals surface area contributed by atoms with Crippen LogP contribution in [0.3, 0.4) is 0 Å². The van der Waals surface area contributed by atoms with Crippen molar-refractivity contribution >= 4 is 11.9 Å². The van der Waals surface area contributed by atoms with Gasteiger partial charge in [-0.25, -0.2) is 0 Å². The van der Waals surface area contributed by atoms with E-state index in [1.54, 1.807) is 7.11 Å². The number of guanidine groups is 1. The van der Waals surface area contributed by atoms with Gasteiger partial charge in [0.1, 0.15) is 0 Å². The number of hydrogen-bond acceptors (Lipinski definition) is 4. The van der Waals surface area contributed by atoms with Crippen molar-refractivity contribution in [2.24, 2.45) is 10.4 Å².